The Kier molecular flexibility index (Phi) is 2.30. The van der Waals surface area contributed by atoms with E-state index < -0.39 is 0 Å². The SMILES string of the molecule is CC(C(=O)C=O)C12CC3CC(CC(C)(C3)C1)C2. The average Bonchev–Trinajstić information content (AvgIpc) is 2.23. The highest BCUT2D eigenvalue weighted by Gasteiger charge is 2.58. The standard InChI is InChI=1S/C15H22O2/c1-10(13(17)8-16)15-6-11-3-12(7-15)5-14(2,4-11)9-15/h8,10-12H,3-7,9H2,1-2H3. The van der Waals surface area contributed by atoms with Crippen LogP contribution in [0.4, 0.5) is 0 Å². The molecule has 0 aromatic rings. The van der Waals surface area contributed by atoms with E-state index in [1.807, 2.05) is 6.92 Å². The first-order valence-electron chi connectivity index (χ1n) is 6.95. The summed E-state index contributed by atoms with van der Waals surface area (Å²) in [6.07, 6.45) is 8.19. The Labute approximate surface area is 103 Å². The third-order valence-electron chi connectivity index (χ3n) is 5.86. The van der Waals surface area contributed by atoms with Crippen molar-refractivity contribution >= 4 is 12.1 Å². The number of ketones is 1. The average molecular weight is 234 g/mol. The zero-order chi connectivity index (χ0) is 12.3. The number of hydrogen-bond donors (Lipinski definition) is 0. The molecule has 94 valence electrons. The number of hydrogen-bond acceptors (Lipinski definition) is 2. The van der Waals surface area contributed by atoms with Crippen molar-refractivity contribution in [2.75, 3.05) is 0 Å². The largest absolute Gasteiger partial charge is 0.295 e. The van der Waals surface area contributed by atoms with Crippen LogP contribution >= 0.6 is 0 Å². The molecule has 0 spiro atoms. The molecule has 0 saturated heterocycles. The predicted molar refractivity (Wildman–Crippen MR) is 65.5 cm³/mol. The maximum absolute atomic E-state index is 11.8. The molecule has 0 amide bonds. The van der Waals surface area contributed by atoms with Crippen LogP contribution in [0, 0.1) is 28.6 Å². The van der Waals surface area contributed by atoms with E-state index in [1.54, 1.807) is 0 Å². The minimum Gasteiger partial charge on any atom is -0.295 e. The zero-order valence-corrected chi connectivity index (χ0v) is 10.9. The third kappa shape index (κ3) is 1.60. The smallest absolute Gasteiger partial charge is 0.198 e. The first-order chi connectivity index (χ1) is 7.96. The minimum absolute atomic E-state index is 0.0507. The van der Waals surface area contributed by atoms with Gasteiger partial charge in [-0.1, -0.05) is 13.8 Å². The van der Waals surface area contributed by atoms with Gasteiger partial charge in [0, 0.05) is 5.92 Å². The molecule has 0 heterocycles. The van der Waals surface area contributed by atoms with Crippen molar-refractivity contribution in [3.8, 4) is 0 Å². The normalized spacial score (nSPS) is 49.1. The molecule has 4 fully saturated rings. The molecular weight excluding hydrogens is 212 g/mol. The van der Waals surface area contributed by atoms with Crippen LogP contribution in [0.3, 0.4) is 0 Å². The number of carbonyl (C=O) groups is 2. The van der Waals surface area contributed by atoms with Crippen LogP contribution < -0.4 is 0 Å². The van der Waals surface area contributed by atoms with E-state index in [2.05, 4.69) is 6.92 Å². The summed E-state index contributed by atoms with van der Waals surface area (Å²) in [6, 6.07) is 0. The van der Waals surface area contributed by atoms with Crippen LogP contribution in [0.5, 0.6) is 0 Å². The fraction of sp³-hybridized carbons (Fsp3) is 0.867. The molecule has 4 saturated carbocycles. The Morgan fingerprint density at radius 2 is 1.82 bits per heavy atom. The molecule has 0 N–H and O–H groups in total. The number of rotatable bonds is 3. The van der Waals surface area contributed by atoms with E-state index in [0.29, 0.717) is 11.7 Å². The molecule has 0 aliphatic heterocycles. The maximum Gasteiger partial charge on any atom is 0.198 e. The first kappa shape index (κ1) is 11.4. The molecule has 3 unspecified atom stereocenters. The van der Waals surface area contributed by atoms with Gasteiger partial charge in [-0.3, -0.25) is 9.59 Å². The van der Waals surface area contributed by atoms with Gasteiger partial charge in [0.25, 0.3) is 0 Å². The van der Waals surface area contributed by atoms with Gasteiger partial charge in [-0.15, -0.1) is 0 Å². The second-order valence-corrected chi connectivity index (χ2v) is 7.38. The van der Waals surface area contributed by atoms with Crippen LogP contribution in [0.25, 0.3) is 0 Å². The van der Waals surface area contributed by atoms with Crippen LogP contribution in [0.2, 0.25) is 0 Å². The molecule has 4 bridgehead atoms. The van der Waals surface area contributed by atoms with E-state index in [4.69, 9.17) is 0 Å². The van der Waals surface area contributed by atoms with Gasteiger partial charge in [-0.25, -0.2) is 0 Å². The fourth-order valence-electron chi connectivity index (χ4n) is 5.71. The van der Waals surface area contributed by atoms with E-state index >= 15 is 0 Å². The first-order valence-corrected chi connectivity index (χ1v) is 6.95. The third-order valence-corrected chi connectivity index (χ3v) is 5.86. The van der Waals surface area contributed by atoms with Gasteiger partial charge >= 0.3 is 0 Å². The van der Waals surface area contributed by atoms with E-state index in [1.165, 1.54) is 38.5 Å². The molecule has 4 aliphatic carbocycles. The molecule has 3 atom stereocenters. The molecule has 4 rings (SSSR count). The summed E-state index contributed by atoms with van der Waals surface area (Å²) in [5.74, 6) is 1.42. The van der Waals surface area contributed by atoms with Gasteiger partial charge in [0.15, 0.2) is 12.1 Å². The quantitative estimate of drug-likeness (QED) is 0.555. The molecule has 2 nitrogen and oxygen atoms in total. The topological polar surface area (TPSA) is 34.1 Å². The van der Waals surface area contributed by atoms with Gasteiger partial charge in [0.2, 0.25) is 0 Å². The highest BCUT2D eigenvalue weighted by molar-refractivity contribution is 6.26. The number of carbonyl (C=O) groups excluding carboxylic acids is 2. The maximum atomic E-state index is 11.8. The Morgan fingerprint density at radius 1 is 1.24 bits per heavy atom. The lowest BCUT2D eigenvalue weighted by molar-refractivity contribution is -0.151. The Balaban J connectivity index is 1.93. The summed E-state index contributed by atoms with van der Waals surface area (Å²) in [6.45, 7) is 4.39. The van der Waals surface area contributed by atoms with Gasteiger partial charge in [0.05, 0.1) is 0 Å². The molecular formula is C15H22O2. The number of aldehydes is 1. The Hall–Kier alpha value is -0.660. The van der Waals surface area contributed by atoms with Crippen molar-refractivity contribution in [3.63, 3.8) is 0 Å². The predicted octanol–water partition coefficient (Wildman–Crippen LogP) is 3.00. The van der Waals surface area contributed by atoms with Crippen molar-refractivity contribution in [1.82, 2.24) is 0 Å². The molecule has 2 heteroatoms. The van der Waals surface area contributed by atoms with E-state index in [-0.39, 0.29) is 17.1 Å². The van der Waals surface area contributed by atoms with E-state index in [9.17, 15) is 9.59 Å². The van der Waals surface area contributed by atoms with Crippen molar-refractivity contribution in [1.29, 1.82) is 0 Å². The minimum atomic E-state index is -0.171. The summed E-state index contributed by atoms with van der Waals surface area (Å²) >= 11 is 0. The van der Waals surface area contributed by atoms with Crippen LogP contribution in [0.1, 0.15) is 52.4 Å². The lowest BCUT2D eigenvalue weighted by Crippen LogP contribution is -2.54. The second kappa shape index (κ2) is 3.43. The van der Waals surface area contributed by atoms with Crippen molar-refractivity contribution in [2.45, 2.75) is 52.4 Å². The monoisotopic (exact) mass is 234 g/mol. The van der Waals surface area contributed by atoms with Gasteiger partial charge < -0.3 is 0 Å². The van der Waals surface area contributed by atoms with Crippen molar-refractivity contribution < 1.29 is 9.59 Å². The van der Waals surface area contributed by atoms with Crippen LogP contribution in [0.15, 0.2) is 0 Å². The van der Waals surface area contributed by atoms with Gasteiger partial charge in [-0.05, 0) is 61.2 Å². The second-order valence-electron chi connectivity index (χ2n) is 7.38. The fourth-order valence-corrected chi connectivity index (χ4v) is 5.71. The van der Waals surface area contributed by atoms with Gasteiger partial charge in [0.1, 0.15) is 0 Å². The van der Waals surface area contributed by atoms with Gasteiger partial charge in [-0.2, -0.15) is 0 Å². The molecule has 4 aliphatic rings. The molecule has 0 aromatic carbocycles. The Bertz CT molecular complexity index is 357. The van der Waals surface area contributed by atoms with Crippen molar-refractivity contribution in [2.24, 2.45) is 28.6 Å². The summed E-state index contributed by atoms with van der Waals surface area (Å²) in [5.41, 5.74) is 0.623. The van der Waals surface area contributed by atoms with Crippen molar-refractivity contribution in [3.05, 3.63) is 0 Å². The zero-order valence-electron chi connectivity index (χ0n) is 10.9. The van der Waals surface area contributed by atoms with Crippen LogP contribution in [-0.4, -0.2) is 12.1 Å². The number of Topliss-reactive ketones (excluding diaryl/α,β-unsaturated/α-hetero) is 1. The lowest BCUT2D eigenvalue weighted by atomic mass is 9.42. The summed E-state index contributed by atoms with van der Waals surface area (Å²) in [7, 11) is 0. The molecule has 17 heavy (non-hydrogen) atoms. The highest BCUT2D eigenvalue weighted by Crippen LogP contribution is 2.67. The summed E-state index contributed by atoms with van der Waals surface area (Å²) in [5, 5.41) is 0. The van der Waals surface area contributed by atoms with E-state index in [0.717, 1.165) is 11.8 Å². The summed E-state index contributed by atoms with van der Waals surface area (Å²) in [4.78, 5) is 22.5. The van der Waals surface area contributed by atoms with Crippen LogP contribution in [-0.2, 0) is 9.59 Å². The lowest BCUT2D eigenvalue weighted by Gasteiger charge is -2.62. The molecule has 0 aromatic heterocycles. The summed E-state index contributed by atoms with van der Waals surface area (Å²) < 4.78 is 0. The highest BCUT2D eigenvalue weighted by atomic mass is 16.2. The Morgan fingerprint density at radius 3 is 2.29 bits per heavy atom. The molecule has 0 radical (unpaired) electrons.